The van der Waals surface area contributed by atoms with Crippen LogP contribution >= 0.6 is 0 Å². The van der Waals surface area contributed by atoms with E-state index in [1.807, 2.05) is 0 Å². The zero-order valence-electron chi connectivity index (χ0n) is 38.7. The fourth-order valence-electron chi connectivity index (χ4n) is 6.12. The zero-order valence-corrected chi connectivity index (χ0v) is 38.7. The van der Waals surface area contributed by atoms with Crippen LogP contribution < -0.4 is 0 Å². The zero-order chi connectivity index (χ0) is 43.7. The minimum atomic E-state index is -0.810. The molecule has 0 aliphatic heterocycles. The van der Waals surface area contributed by atoms with Crippen molar-refractivity contribution >= 4 is 17.9 Å². The predicted octanol–water partition coefficient (Wildman–Crippen LogP) is 15.8. The Balaban J connectivity index is 4.52. The summed E-state index contributed by atoms with van der Waals surface area (Å²) in [5.74, 6) is -0.998. The van der Waals surface area contributed by atoms with Crippen molar-refractivity contribution in [3.05, 3.63) is 97.2 Å². The largest absolute Gasteiger partial charge is 0.462 e. The van der Waals surface area contributed by atoms with Gasteiger partial charge in [-0.05, 0) is 103 Å². The number of unbranched alkanes of at least 4 members (excludes halogenated alkanes) is 15. The highest BCUT2D eigenvalue weighted by atomic mass is 16.6. The molecule has 0 rings (SSSR count). The van der Waals surface area contributed by atoms with Crippen molar-refractivity contribution < 1.29 is 28.6 Å². The third-order valence-corrected chi connectivity index (χ3v) is 9.79. The van der Waals surface area contributed by atoms with E-state index in [9.17, 15) is 14.4 Å². The van der Waals surface area contributed by atoms with Gasteiger partial charge in [0, 0.05) is 19.3 Å². The number of hydrogen-bond acceptors (Lipinski definition) is 6. The van der Waals surface area contributed by atoms with Gasteiger partial charge in [-0.2, -0.15) is 0 Å². The fraction of sp³-hybridized carbons (Fsp3) is 0.648. The van der Waals surface area contributed by atoms with E-state index in [1.54, 1.807) is 0 Å². The average molecular weight is 833 g/mol. The Kier molecular flexibility index (Phi) is 45.1. The lowest BCUT2D eigenvalue weighted by Crippen LogP contribution is -2.30. The molecule has 0 spiro atoms. The van der Waals surface area contributed by atoms with Crippen LogP contribution in [0.25, 0.3) is 0 Å². The Labute approximate surface area is 368 Å². The molecular weight excluding hydrogens is 745 g/mol. The van der Waals surface area contributed by atoms with Crippen LogP contribution in [-0.2, 0) is 28.6 Å². The number of hydrogen-bond donors (Lipinski definition) is 0. The summed E-state index contributed by atoms with van der Waals surface area (Å²) in [6.45, 7) is 6.35. The Morgan fingerprint density at radius 1 is 0.350 bits per heavy atom. The summed E-state index contributed by atoms with van der Waals surface area (Å²) in [7, 11) is 0. The normalized spacial score (nSPS) is 12.9. The summed E-state index contributed by atoms with van der Waals surface area (Å²) in [5.41, 5.74) is 0. The van der Waals surface area contributed by atoms with Crippen LogP contribution in [-0.4, -0.2) is 37.2 Å². The van der Waals surface area contributed by atoms with Crippen molar-refractivity contribution in [3.63, 3.8) is 0 Å². The van der Waals surface area contributed by atoms with Gasteiger partial charge in [0.1, 0.15) is 13.2 Å². The third-order valence-electron chi connectivity index (χ3n) is 9.79. The summed E-state index contributed by atoms with van der Waals surface area (Å²) in [6.07, 6.45) is 62.5. The second-order valence-electron chi connectivity index (χ2n) is 15.6. The summed E-state index contributed by atoms with van der Waals surface area (Å²) in [5, 5.41) is 0. The van der Waals surface area contributed by atoms with Crippen molar-refractivity contribution in [2.45, 2.75) is 213 Å². The molecule has 0 saturated heterocycles. The highest BCUT2D eigenvalue weighted by Gasteiger charge is 2.19. The lowest BCUT2D eigenvalue weighted by Gasteiger charge is -2.18. The molecule has 0 aliphatic rings. The molecule has 0 aromatic carbocycles. The highest BCUT2D eigenvalue weighted by molar-refractivity contribution is 5.71. The van der Waals surface area contributed by atoms with Crippen molar-refractivity contribution in [1.82, 2.24) is 0 Å². The smallest absolute Gasteiger partial charge is 0.306 e. The van der Waals surface area contributed by atoms with Crippen LogP contribution in [0.5, 0.6) is 0 Å². The van der Waals surface area contributed by atoms with E-state index < -0.39 is 6.10 Å². The van der Waals surface area contributed by atoms with E-state index in [0.29, 0.717) is 19.3 Å². The third kappa shape index (κ3) is 45.4. The lowest BCUT2D eigenvalue weighted by molar-refractivity contribution is -0.167. The fourth-order valence-corrected chi connectivity index (χ4v) is 6.12. The molecule has 1 unspecified atom stereocenters. The molecule has 60 heavy (non-hydrogen) atoms. The topological polar surface area (TPSA) is 78.9 Å². The van der Waals surface area contributed by atoms with E-state index in [0.717, 1.165) is 116 Å². The SMILES string of the molecule is CC/C=C\C/C=C\C/C=C\C/C=C\C/C=C\CCCC(=O)OCC(COC(=O)CCCCCCC/C=C\CCCC)OC(=O)CCCCCCC/C=C\C/C=C\CCCC. The standard InChI is InChI=1S/C54H88O6/c1-4-7-10-13-16-19-22-24-26-27-28-30-32-35-38-41-44-47-53(56)59-50-51(49-58-52(55)46-43-40-37-34-31-21-18-15-12-9-6-3)60-54(57)48-45-42-39-36-33-29-25-23-20-17-14-11-8-5-2/h7,10,14-19,23-26,28,30,35,38,51H,4-6,8-9,11-13,20-22,27,29,31-34,36-37,39-50H2,1-3H3/b10-7-,17-14-,18-15-,19-16-,25-23-,26-24-,30-28-,38-35-. The van der Waals surface area contributed by atoms with Gasteiger partial charge in [0.2, 0.25) is 0 Å². The van der Waals surface area contributed by atoms with Gasteiger partial charge in [-0.15, -0.1) is 0 Å². The number of rotatable bonds is 42. The Bertz CT molecular complexity index is 1230. The molecule has 0 saturated carbocycles. The van der Waals surface area contributed by atoms with Crippen molar-refractivity contribution in [1.29, 1.82) is 0 Å². The van der Waals surface area contributed by atoms with Crippen LogP contribution in [0, 0.1) is 0 Å². The van der Waals surface area contributed by atoms with E-state index in [1.165, 1.54) is 44.9 Å². The first-order chi connectivity index (χ1) is 29.5. The van der Waals surface area contributed by atoms with Crippen molar-refractivity contribution in [2.24, 2.45) is 0 Å². The first-order valence-corrected chi connectivity index (χ1v) is 24.2. The molecule has 0 fully saturated rings. The molecule has 0 bridgehead atoms. The van der Waals surface area contributed by atoms with Crippen LogP contribution in [0.4, 0.5) is 0 Å². The molecule has 1 atom stereocenters. The van der Waals surface area contributed by atoms with Crippen LogP contribution in [0.15, 0.2) is 97.2 Å². The molecule has 0 amide bonds. The molecule has 0 aromatic rings. The highest BCUT2D eigenvalue weighted by Crippen LogP contribution is 2.12. The molecule has 0 radical (unpaired) electrons. The van der Waals surface area contributed by atoms with Crippen LogP contribution in [0.2, 0.25) is 0 Å². The molecule has 0 aliphatic carbocycles. The van der Waals surface area contributed by atoms with E-state index in [4.69, 9.17) is 14.2 Å². The number of carbonyl (C=O) groups excluding carboxylic acids is 3. The number of ether oxygens (including phenoxy) is 3. The van der Waals surface area contributed by atoms with Gasteiger partial charge in [-0.3, -0.25) is 14.4 Å². The Morgan fingerprint density at radius 2 is 0.667 bits per heavy atom. The molecule has 340 valence electrons. The van der Waals surface area contributed by atoms with Gasteiger partial charge in [0.25, 0.3) is 0 Å². The quantitative estimate of drug-likeness (QED) is 0.0264. The van der Waals surface area contributed by atoms with Gasteiger partial charge in [0.05, 0.1) is 0 Å². The maximum absolute atomic E-state index is 12.7. The maximum atomic E-state index is 12.7. The predicted molar refractivity (Wildman–Crippen MR) is 256 cm³/mol. The van der Waals surface area contributed by atoms with E-state index >= 15 is 0 Å². The number of allylic oxidation sites excluding steroid dienone is 16. The summed E-state index contributed by atoms with van der Waals surface area (Å²) >= 11 is 0. The molecule has 0 aromatic heterocycles. The second kappa shape index (κ2) is 48.0. The first kappa shape index (κ1) is 56.3. The van der Waals surface area contributed by atoms with Crippen molar-refractivity contribution in [2.75, 3.05) is 13.2 Å². The molecule has 6 heteroatoms. The number of carbonyl (C=O) groups is 3. The van der Waals surface area contributed by atoms with Crippen molar-refractivity contribution in [3.8, 4) is 0 Å². The summed E-state index contributed by atoms with van der Waals surface area (Å²) < 4.78 is 16.7. The maximum Gasteiger partial charge on any atom is 0.306 e. The van der Waals surface area contributed by atoms with Gasteiger partial charge in [0.15, 0.2) is 6.10 Å². The monoisotopic (exact) mass is 833 g/mol. The number of esters is 3. The molecule has 0 N–H and O–H groups in total. The Hall–Kier alpha value is -3.67. The van der Waals surface area contributed by atoms with Gasteiger partial charge in [-0.25, -0.2) is 0 Å². The average Bonchev–Trinajstić information content (AvgIpc) is 3.24. The minimum absolute atomic E-state index is 0.107. The van der Waals surface area contributed by atoms with Gasteiger partial charge >= 0.3 is 17.9 Å². The van der Waals surface area contributed by atoms with E-state index in [-0.39, 0.29) is 37.5 Å². The van der Waals surface area contributed by atoms with Gasteiger partial charge in [-0.1, -0.05) is 182 Å². The van der Waals surface area contributed by atoms with Crippen LogP contribution in [0.1, 0.15) is 207 Å². The lowest BCUT2D eigenvalue weighted by atomic mass is 10.1. The van der Waals surface area contributed by atoms with Gasteiger partial charge < -0.3 is 14.2 Å². The van der Waals surface area contributed by atoms with Crippen LogP contribution in [0.3, 0.4) is 0 Å². The summed E-state index contributed by atoms with van der Waals surface area (Å²) in [4.78, 5) is 37.8. The second-order valence-corrected chi connectivity index (χ2v) is 15.6. The molecule has 0 heterocycles. The minimum Gasteiger partial charge on any atom is -0.462 e. The molecule has 6 nitrogen and oxygen atoms in total. The molecular formula is C54H88O6. The first-order valence-electron chi connectivity index (χ1n) is 24.2. The Morgan fingerprint density at radius 3 is 1.10 bits per heavy atom. The van der Waals surface area contributed by atoms with E-state index in [2.05, 4.69) is 118 Å². The summed E-state index contributed by atoms with van der Waals surface area (Å²) in [6, 6.07) is 0.